The Morgan fingerprint density at radius 2 is 1.79 bits per heavy atom. The lowest BCUT2D eigenvalue weighted by Crippen LogP contribution is -2.31. The van der Waals surface area contributed by atoms with Gasteiger partial charge in [0.05, 0.1) is 7.11 Å². The number of carbonyl (C=O) groups excluding carboxylic acids is 1. The standard InChI is InChI=1S/C21H23ClN2O3.ClH/c1-26-20-8-15(21(25)24-11-16-9-23-10-17(16)12-24)4-7-19(20)27-13-14-2-5-18(22)6-3-14;/h2-8,16-17,23H,9-13H2,1H3;1H/t16-,17+;. The Morgan fingerprint density at radius 3 is 2.43 bits per heavy atom. The number of halogens is 2. The van der Waals surface area contributed by atoms with Gasteiger partial charge < -0.3 is 19.7 Å². The van der Waals surface area contributed by atoms with E-state index in [2.05, 4.69) is 5.32 Å². The number of carbonyl (C=O) groups is 1. The summed E-state index contributed by atoms with van der Waals surface area (Å²) in [5, 5.41) is 4.09. The van der Waals surface area contributed by atoms with Gasteiger partial charge in [0.15, 0.2) is 11.5 Å². The van der Waals surface area contributed by atoms with Crippen LogP contribution in [0.4, 0.5) is 0 Å². The van der Waals surface area contributed by atoms with Crippen LogP contribution in [0.15, 0.2) is 42.5 Å². The van der Waals surface area contributed by atoms with E-state index in [1.54, 1.807) is 19.2 Å². The molecule has 7 heteroatoms. The first-order valence-corrected chi connectivity index (χ1v) is 9.57. The van der Waals surface area contributed by atoms with Gasteiger partial charge in [0.1, 0.15) is 6.61 Å². The van der Waals surface area contributed by atoms with Crippen molar-refractivity contribution in [2.45, 2.75) is 6.61 Å². The number of fused-ring (bicyclic) bond motifs is 1. The molecule has 1 amide bonds. The number of hydrogen-bond acceptors (Lipinski definition) is 4. The molecule has 0 saturated carbocycles. The molecule has 2 heterocycles. The molecular formula is C21H24Cl2N2O3. The molecule has 0 radical (unpaired) electrons. The second-order valence-corrected chi connectivity index (χ2v) is 7.61. The van der Waals surface area contributed by atoms with Crippen molar-refractivity contribution in [1.82, 2.24) is 10.2 Å². The summed E-state index contributed by atoms with van der Waals surface area (Å²) in [5.74, 6) is 2.41. The first-order chi connectivity index (χ1) is 13.1. The molecular weight excluding hydrogens is 399 g/mol. The van der Waals surface area contributed by atoms with E-state index >= 15 is 0 Å². The number of benzene rings is 2. The van der Waals surface area contributed by atoms with Crippen molar-refractivity contribution in [3.05, 3.63) is 58.6 Å². The molecule has 5 nitrogen and oxygen atoms in total. The maximum Gasteiger partial charge on any atom is 0.254 e. The summed E-state index contributed by atoms with van der Waals surface area (Å²) in [6.45, 7) is 4.08. The Bertz CT molecular complexity index is 817. The second-order valence-electron chi connectivity index (χ2n) is 7.17. The third-order valence-electron chi connectivity index (χ3n) is 5.39. The van der Waals surface area contributed by atoms with Crippen molar-refractivity contribution in [1.29, 1.82) is 0 Å². The normalized spacial score (nSPS) is 20.4. The number of likely N-dealkylation sites (tertiary alicyclic amines) is 1. The molecule has 1 N–H and O–H groups in total. The first-order valence-electron chi connectivity index (χ1n) is 9.19. The zero-order valence-corrected chi connectivity index (χ0v) is 17.3. The van der Waals surface area contributed by atoms with Crippen molar-refractivity contribution < 1.29 is 14.3 Å². The van der Waals surface area contributed by atoms with Gasteiger partial charge in [0.25, 0.3) is 5.91 Å². The Balaban J connectivity index is 0.00000225. The third kappa shape index (κ3) is 4.37. The average Bonchev–Trinajstić information content (AvgIpc) is 3.29. The van der Waals surface area contributed by atoms with Gasteiger partial charge in [0.2, 0.25) is 0 Å². The summed E-state index contributed by atoms with van der Waals surface area (Å²) in [5.41, 5.74) is 1.65. The summed E-state index contributed by atoms with van der Waals surface area (Å²) in [4.78, 5) is 14.8. The Morgan fingerprint density at radius 1 is 1.11 bits per heavy atom. The lowest BCUT2D eigenvalue weighted by Gasteiger charge is -2.18. The number of rotatable bonds is 5. The van der Waals surface area contributed by atoms with Crippen molar-refractivity contribution in [3.63, 3.8) is 0 Å². The van der Waals surface area contributed by atoms with Crippen LogP contribution in [0.3, 0.4) is 0 Å². The number of hydrogen-bond donors (Lipinski definition) is 1. The van der Waals surface area contributed by atoms with Crippen LogP contribution in [-0.2, 0) is 6.61 Å². The highest BCUT2D eigenvalue weighted by Gasteiger charge is 2.38. The molecule has 2 fully saturated rings. The summed E-state index contributed by atoms with van der Waals surface area (Å²) in [6, 6.07) is 12.9. The Hall–Kier alpha value is -1.95. The van der Waals surface area contributed by atoms with E-state index in [0.29, 0.717) is 40.5 Å². The van der Waals surface area contributed by atoms with E-state index in [4.69, 9.17) is 21.1 Å². The highest BCUT2D eigenvalue weighted by atomic mass is 35.5. The molecule has 0 unspecified atom stereocenters. The second kappa shape index (κ2) is 9.03. The molecule has 2 aromatic rings. The van der Waals surface area contributed by atoms with E-state index in [-0.39, 0.29) is 18.3 Å². The van der Waals surface area contributed by atoms with Crippen molar-refractivity contribution in [3.8, 4) is 11.5 Å². The van der Waals surface area contributed by atoms with Crippen molar-refractivity contribution >= 4 is 29.9 Å². The number of nitrogens with zero attached hydrogens (tertiary/aromatic N) is 1. The van der Waals surface area contributed by atoms with E-state index < -0.39 is 0 Å². The van der Waals surface area contributed by atoms with Crippen molar-refractivity contribution in [2.75, 3.05) is 33.3 Å². The van der Waals surface area contributed by atoms with Gasteiger partial charge in [-0.05, 0) is 47.7 Å². The molecule has 0 aliphatic carbocycles. The minimum absolute atomic E-state index is 0. The van der Waals surface area contributed by atoms with Gasteiger partial charge in [-0.25, -0.2) is 0 Å². The Kier molecular flexibility index (Phi) is 6.70. The van der Waals surface area contributed by atoms with Crippen LogP contribution in [-0.4, -0.2) is 44.1 Å². The molecule has 150 valence electrons. The summed E-state index contributed by atoms with van der Waals surface area (Å²) in [6.07, 6.45) is 0. The fraction of sp³-hybridized carbons (Fsp3) is 0.381. The highest BCUT2D eigenvalue weighted by molar-refractivity contribution is 6.30. The van der Waals surface area contributed by atoms with Gasteiger partial charge in [-0.1, -0.05) is 23.7 Å². The van der Waals surface area contributed by atoms with Crippen LogP contribution < -0.4 is 14.8 Å². The zero-order chi connectivity index (χ0) is 18.8. The Labute approximate surface area is 176 Å². The number of amides is 1. The SMILES string of the molecule is COc1cc(C(=O)N2C[C@H]3CNC[C@H]3C2)ccc1OCc1ccc(Cl)cc1.Cl. The van der Waals surface area contributed by atoms with Crippen LogP contribution in [0.1, 0.15) is 15.9 Å². The minimum Gasteiger partial charge on any atom is -0.493 e. The van der Waals surface area contributed by atoms with Crippen molar-refractivity contribution in [2.24, 2.45) is 11.8 Å². The van der Waals surface area contributed by atoms with E-state index in [1.165, 1.54) is 0 Å². The highest BCUT2D eigenvalue weighted by Crippen LogP contribution is 2.32. The molecule has 2 aliphatic rings. The summed E-state index contributed by atoms with van der Waals surface area (Å²) >= 11 is 5.91. The topological polar surface area (TPSA) is 50.8 Å². The number of ether oxygens (including phenoxy) is 2. The molecule has 2 aromatic carbocycles. The molecule has 2 saturated heterocycles. The third-order valence-corrected chi connectivity index (χ3v) is 5.65. The molecule has 0 spiro atoms. The lowest BCUT2D eigenvalue weighted by atomic mass is 10.0. The average molecular weight is 423 g/mol. The smallest absolute Gasteiger partial charge is 0.254 e. The fourth-order valence-corrected chi connectivity index (χ4v) is 3.99. The van der Waals surface area contributed by atoms with Gasteiger partial charge in [-0.2, -0.15) is 0 Å². The van der Waals surface area contributed by atoms with E-state index in [1.807, 2.05) is 35.2 Å². The summed E-state index contributed by atoms with van der Waals surface area (Å²) in [7, 11) is 1.59. The molecule has 2 atom stereocenters. The summed E-state index contributed by atoms with van der Waals surface area (Å²) < 4.78 is 11.3. The first kappa shape index (κ1) is 20.8. The molecule has 28 heavy (non-hydrogen) atoms. The van der Waals surface area contributed by atoms with Crippen LogP contribution >= 0.6 is 24.0 Å². The molecule has 2 aliphatic heterocycles. The molecule has 4 rings (SSSR count). The van der Waals surface area contributed by atoms with Gasteiger partial charge in [-0.15, -0.1) is 12.4 Å². The van der Waals surface area contributed by atoms with Crippen LogP contribution in [0.25, 0.3) is 0 Å². The number of methoxy groups -OCH3 is 1. The van der Waals surface area contributed by atoms with Gasteiger partial charge >= 0.3 is 0 Å². The van der Waals surface area contributed by atoms with Crippen LogP contribution in [0.5, 0.6) is 11.5 Å². The quantitative estimate of drug-likeness (QED) is 0.798. The predicted octanol–water partition coefficient (Wildman–Crippen LogP) is 3.64. The molecule has 0 aromatic heterocycles. The predicted molar refractivity (Wildman–Crippen MR) is 112 cm³/mol. The molecule has 0 bridgehead atoms. The van der Waals surface area contributed by atoms with E-state index in [0.717, 1.165) is 31.7 Å². The largest absolute Gasteiger partial charge is 0.493 e. The van der Waals surface area contributed by atoms with Gasteiger partial charge in [0, 0.05) is 36.8 Å². The minimum atomic E-state index is 0. The zero-order valence-electron chi connectivity index (χ0n) is 15.7. The van der Waals surface area contributed by atoms with Gasteiger partial charge in [-0.3, -0.25) is 4.79 Å². The van der Waals surface area contributed by atoms with Crippen LogP contribution in [0, 0.1) is 11.8 Å². The maximum atomic E-state index is 12.9. The van der Waals surface area contributed by atoms with E-state index in [9.17, 15) is 4.79 Å². The maximum absolute atomic E-state index is 12.9. The lowest BCUT2D eigenvalue weighted by molar-refractivity contribution is 0.0781. The van der Waals surface area contributed by atoms with Crippen LogP contribution in [0.2, 0.25) is 5.02 Å². The number of nitrogens with one attached hydrogen (secondary N) is 1. The fourth-order valence-electron chi connectivity index (χ4n) is 3.87. The monoisotopic (exact) mass is 422 g/mol.